The van der Waals surface area contributed by atoms with Gasteiger partial charge in [0.2, 0.25) is 5.91 Å². The Balaban J connectivity index is 4.26. The maximum Gasteiger partial charge on any atom is 0.329 e. The molecule has 2 atom stereocenters. The van der Waals surface area contributed by atoms with Crippen LogP contribution in [-0.2, 0) is 25.4 Å². The van der Waals surface area contributed by atoms with Gasteiger partial charge < -0.3 is 14.6 Å². The molecule has 76 valence electrons. The van der Waals surface area contributed by atoms with Gasteiger partial charge in [0.25, 0.3) is 0 Å². The van der Waals surface area contributed by atoms with E-state index in [1.807, 2.05) is 0 Å². The average Bonchev–Trinajstić information content (AvgIpc) is 2.00. The van der Waals surface area contributed by atoms with Crippen molar-refractivity contribution in [2.45, 2.75) is 13.0 Å². The molecule has 0 fully saturated rings. The predicted octanol–water partition coefficient (Wildman–Crippen LogP) is -1.11. The van der Waals surface area contributed by atoms with Crippen molar-refractivity contribution >= 4 is 23.0 Å². The van der Waals surface area contributed by atoms with Gasteiger partial charge in [0.15, 0.2) is 11.1 Å². The maximum absolute atomic E-state index is 10.9. The summed E-state index contributed by atoms with van der Waals surface area (Å²) in [6.45, 7) is 1.20. The second-order valence-electron chi connectivity index (χ2n) is 2.26. The molecule has 0 aromatic rings. The molecule has 0 rings (SSSR count). The van der Waals surface area contributed by atoms with Crippen LogP contribution < -0.4 is 5.32 Å². The first-order valence-electron chi connectivity index (χ1n) is 3.39. The monoisotopic (exact) mass is 209 g/mol. The van der Waals surface area contributed by atoms with E-state index in [2.05, 4.69) is 10.1 Å². The van der Waals surface area contributed by atoms with Gasteiger partial charge >= 0.3 is 5.97 Å². The molecule has 0 bridgehead atoms. The molecule has 0 saturated heterocycles. The zero-order chi connectivity index (χ0) is 10.4. The van der Waals surface area contributed by atoms with Gasteiger partial charge in [-0.05, 0) is 0 Å². The van der Waals surface area contributed by atoms with Crippen molar-refractivity contribution in [3.05, 3.63) is 0 Å². The van der Waals surface area contributed by atoms with E-state index in [0.717, 1.165) is 7.11 Å². The number of rotatable bonds is 4. The molecule has 0 radical (unpaired) electrons. The summed E-state index contributed by atoms with van der Waals surface area (Å²) in [6, 6.07) is -1.06. The highest BCUT2D eigenvalue weighted by Crippen LogP contribution is 1.91. The van der Waals surface area contributed by atoms with Crippen molar-refractivity contribution < 1.29 is 23.1 Å². The summed E-state index contributed by atoms with van der Waals surface area (Å²) in [6.07, 6.45) is 0. The lowest BCUT2D eigenvalue weighted by Gasteiger charge is -2.12. The van der Waals surface area contributed by atoms with Crippen LogP contribution >= 0.6 is 0 Å². The van der Waals surface area contributed by atoms with E-state index in [9.17, 15) is 13.8 Å². The lowest BCUT2D eigenvalue weighted by molar-refractivity contribution is -0.144. The SMILES string of the molecule is COC(=O)[C@@H](CS(=O)O)NC(C)=O. The molecular formula is C6H11NO5S. The molecule has 0 spiro atoms. The number of carbonyl (C=O) groups is 2. The Hall–Kier alpha value is -0.950. The molecule has 0 saturated carbocycles. The number of amides is 1. The van der Waals surface area contributed by atoms with Gasteiger partial charge in [-0.15, -0.1) is 0 Å². The van der Waals surface area contributed by atoms with Crippen LogP contribution in [0.25, 0.3) is 0 Å². The summed E-state index contributed by atoms with van der Waals surface area (Å²) >= 11 is -2.15. The van der Waals surface area contributed by atoms with Crippen LogP contribution in [0.15, 0.2) is 0 Å². The van der Waals surface area contributed by atoms with Crippen molar-refractivity contribution in [1.29, 1.82) is 0 Å². The zero-order valence-electron chi connectivity index (χ0n) is 7.27. The Bertz CT molecular complexity index is 213. The van der Waals surface area contributed by atoms with Gasteiger partial charge in [0.1, 0.15) is 6.04 Å². The first kappa shape index (κ1) is 12.0. The summed E-state index contributed by atoms with van der Waals surface area (Å²) in [4.78, 5) is 21.5. The molecule has 2 N–H and O–H groups in total. The lowest BCUT2D eigenvalue weighted by Crippen LogP contribution is -2.44. The minimum Gasteiger partial charge on any atom is -0.467 e. The molecule has 0 aliphatic heterocycles. The van der Waals surface area contributed by atoms with E-state index < -0.39 is 29.0 Å². The number of hydrogen-bond acceptors (Lipinski definition) is 4. The van der Waals surface area contributed by atoms with Gasteiger partial charge in [-0.25, -0.2) is 9.00 Å². The zero-order valence-corrected chi connectivity index (χ0v) is 8.09. The van der Waals surface area contributed by atoms with Gasteiger partial charge in [-0.1, -0.05) is 0 Å². The van der Waals surface area contributed by atoms with E-state index in [-0.39, 0.29) is 5.75 Å². The van der Waals surface area contributed by atoms with Crippen molar-refractivity contribution in [2.75, 3.05) is 12.9 Å². The molecule has 13 heavy (non-hydrogen) atoms. The molecule has 0 heterocycles. The second-order valence-corrected chi connectivity index (χ2v) is 3.24. The van der Waals surface area contributed by atoms with Crippen LogP contribution in [-0.4, -0.2) is 39.5 Å². The third-order valence-electron chi connectivity index (χ3n) is 1.17. The van der Waals surface area contributed by atoms with Crippen LogP contribution in [0, 0.1) is 0 Å². The fourth-order valence-corrected chi connectivity index (χ4v) is 1.20. The first-order valence-corrected chi connectivity index (χ1v) is 4.67. The summed E-state index contributed by atoms with van der Waals surface area (Å²) in [5, 5.41) is 2.20. The summed E-state index contributed by atoms with van der Waals surface area (Å²) in [5.41, 5.74) is 0. The van der Waals surface area contributed by atoms with E-state index >= 15 is 0 Å². The van der Waals surface area contributed by atoms with Crippen molar-refractivity contribution in [1.82, 2.24) is 5.32 Å². The molecule has 6 nitrogen and oxygen atoms in total. The largest absolute Gasteiger partial charge is 0.467 e. The fraction of sp³-hybridized carbons (Fsp3) is 0.667. The summed E-state index contributed by atoms with van der Waals surface area (Å²) in [7, 11) is 1.14. The average molecular weight is 209 g/mol. The van der Waals surface area contributed by atoms with E-state index in [1.54, 1.807) is 0 Å². The topological polar surface area (TPSA) is 92.7 Å². The highest BCUT2D eigenvalue weighted by atomic mass is 32.2. The number of methoxy groups -OCH3 is 1. The van der Waals surface area contributed by atoms with E-state index in [0.29, 0.717) is 0 Å². The smallest absolute Gasteiger partial charge is 0.329 e. The standard InChI is InChI=1S/C6H11NO5S/c1-4(8)7-5(3-13(10)11)6(9)12-2/h5H,3H2,1-2H3,(H,7,8)(H,10,11)/t5-/m1/s1. The summed E-state index contributed by atoms with van der Waals surface area (Å²) in [5.74, 6) is -1.56. The molecular weight excluding hydrogens is 198 g/mol. The quantitative estimate of drug-likeness (QED) is 0.452. The Morgan fingerprint density at radius 3 is 2.46 bits per heavy atom. The molecule has 0 aliphatic rings. The van der Waals surface area contributed by atoms with Crippen molar-refractivity contribution in [3.8, 4) is 0 Å². The Morgan fingerprint density at radius 1 is 1.62 bits per heavy atom. The molecule has 0 aliphatic carbocycles. The van der Waals surface area contributed by atoms with Crippen molar-refractivity contribution in [2.24, 2.45) is 0 Å². The van der Waals surface area contributed by atoms with Crippen molar-refractivity contribution in [3.63, 3.8) is 0 Å². The molecule has 7 heteroatoms. The van der Waals surface area contributed by atoms with Gasteiger partial charge in [0.05, 0.1) is 12.9 Å². The fourth-order valence-electron chi connectivity index (χ4n) is 0.699. The van der Waals surface area contributed by atoms with Gasteiger partial charge in [-0.2, -0.15) is 0 Å². The van der Waals surface area contributed by atoms with Gasteiger partial charge in [0, 0.05) is 6.92 Å². The molecule has 1 amide bonds. The molecule has 1 unspecified atom stereocenters. The Morgan fingerprint density at radius 2 is 2.15 bits per heavy atom. The predicted molar refractivity (Wildman–Crippen MR) is 45.3 cm³/mol. The number of nitrogens with one attached hydrogen (secondary N) is 1. The number of ether oxygens (including phenoxy) is 1. The third-order valence-corrected chi connectivity index (χ3v) is 1.79. The van der Waals surface area contributed by atoms with Crippen LogP contribution in [0.5, 0.6) is 0 Å². The Labute approximate surface area is 77.9 Å². The second kappa shape index (κ2) is 5.65. The summed E-state index contributed by atoms with van der Waals surface area (Å²) < 4.78 is 23.2. The lowest BCUT2D eigenvalue weighted by atomic mass is 10.3. The number of esters is 1. The van der Waals surface area contributed by atoms with E-state index in [4.69, 9.17) is 4.55 Å². The normalized spacial score (nSPS) is 14.4. The van der Waals surface area contributed by atoms with Crippen LogP contribution in [0.1, 0.15) is 6.92 Å². The maximum atomic E-state index is 10.9. The van der Waals surface area contributed by atoms with Crippen LogP contribution in [0.4, 0.5) is 0 Å². The Kier molecular flexibility index (Phi) is 5.24. The van der Waals surface area contributed by atoms with Crippen LogP contribution in [0.2, 0.25) is 0 Å². The highest BCUT2D eigenvalue weighted by Gasteiger charge is 2.21. The van der Waals surface area contributed by atoms with E-state index in [1.165, 1.54) is 6.92 Å². The molecule has 0 aromatic heterocycles. The number of carbonyl (C=O) groups excluding carboxylic acids is 2. The minimum atomic E-state index is -2.15. The van der Waals surface area contributed by atoms with Crippen LogP contribution in [0.3, 0.4) is 0 Å². The number of hydrogen-bond donors (Lipinski definition) is 2. The van der Waals surface area contributed by atoms with Gasteiger partial charge in [-0.3, -0.25) is 4.79 Å². The first-order chi connectivity index (χ1) is 5.97. The third kappa shape index (κ3) is 5.31. The molecule has 0 aromatic carbocycles. The minimum absolute atomic E-state index is 0.369. The highest BCUT2D eigenvalue weighted by molar-refractivity contribution is 7.79.